The van der Waals surface area contributed by atoms with E-state index in [0.29, 0.717) is 6.10 Å². The summed E-state index contributed by atoms with van der Waals surface area (Å²) < 4.78 is 6.32. The zero-order valence-electron chi connectivity index (χ0n) is 22.9. The van der Waals surface area contributed by atoms with E-state index in [1.54, 1.807) is 0 Å². The molecule has 0 aliphatic carbocycles. The SMILES string of the molecule is C=CC/C=C/CCCCCCCCC(CCCCCCCC/C=C\CC)OCCCN(C)C. The highest BCUT2D eigenvalue weighted by molar-refractivity contribution is 4.88. The summed E-state index contributed by atoms with van der Waals surface area (Å²) in [6.45, 7) is 8.02. The lowest BCUT2D eigenvalue weighted by Gasteiger charge is -2.19. The highest BCUT2D eigenvalue weighted by Crippen LogP contribution is 2.17. The molecule has 1 unspecified atom stereocenters. The summed E-state index contributed by atoms with van der Waals surface area (Å²) in [6, 6.07) is 0. The molecule has 0 aliphatic rings. The molecule has 0 bridgehead atoms. The molecule has 2 heteroatoms. The molecule has 1 atom stereocenters. The van der Waals surface area contributed by atoms with Crippen LogP contribution in [0.1, 0.15) is 129 Å². The summed E-state index contributed by atoms with van der Waals surface area (Å²) in [7, 11) is 4.30. The first kappa shape index (κ1) is 32.1. The van der Waals surface area contributed by atoms with Crippen LogP contribution in [-0.4, -0.2) is 38.3 Å². The molecule has 194 valence electrons. The van der Waals surface area contributed by atoms with Gasteiger partial charge in [-0.15, -0.1) is 6.58 Å². The number of hydrogen-bond donors (Lipinski definition) is 0. The van der Waals surface area contributed by atoms with Gasteiger partial charge < -0.3 is 9.64 Å². The summed E-state index contributed by atoms with van der Waals surface area (Å²) >= 11 is 0. The predicted molar refractivity (Wildman–Crippen MR) is 150 cm³/mol. The van der Waals surface area contributed by atoms with Gasteiger partial charge >= 0.3 is 0 Å². The first-order chi connectivity index (χ1) is 16.2. The van der Waals surface area contributed by atoms with Crippen molar-refractivity contribution in [3.8, 4) is 0 Å². The number of unbranched alkanes of at least 4 members (excludes halogenated alkanes) is 12. The quantitative estimate of drug-likeness (QED) is 0.0938. The fourth-order valence-corrected chi connectivity index (χ4v) is 4.22. The molecule has 0 saturated heterocycles. The average molecular weight is 462 g/mol. The van der Waals surface area contributed by atoms with Crippen LogP contribution in [0.4, 0.5) is 0 Å². The molecule has 0 aromatic carbocycles. The average Bonchev–Trinajstić information content (AvgIpc) is 2.80. The van der Waals surface area contributed by atoms with Gasteiger partial charge in [0.05, 0.1) is 6.10 Å². The van der Waals surface area contributed by atoms with E-state index in [9.17, 15) is 0 Å². The van der Waals surface area contributed by atoms with Crippen LogP contribution < -0.4 is 0 Å². The van der Waals surface area contributed by atoms with Gasteiger partial charge in [0.1, 0.15) is 0 Å². The number of rotatable bonds is 26. The van der Waals surface area contributed by atoms with Crippen LogP contribution in [0.2, 0.25) is 0 Å². The molecular weight excluding hydrogens is 402 g/mol. The van der Waals surface area contributed by atoms with Gasteiger partial charge in [-0.3, -0.25) is 0 Å². The Morgan fingerprint density at radius 3 is 1.70 bits per heavy atom. The molecule has 2 nitrogen and oxygen atoms in total. The largest absolute Gasteiger partial charge is 0.378 e. The van der Waals surface area contributed by atoms with Gasteiger partial charge in [0.2, 0.25) is 0 Å². The van der Waals surface area contributed by atoms with E-state index in [0.717, 1.165) is 26.0 Å². The summed E-state index contributed by atoms with van der Waals surface area (Å²) in [5, 5.41) is 0. The van der Waals surface area contributed by atoms with Gasteiger partial charge in [0.15, 0.2) is 0 Å². The Bertz CT molecular complexity index is 440. The van der Waals surface area contributed by atoms with Crippen molar-refractivity contribution in [2.75, 3.05) is 27.2 Å². The van der Waals surface area contributed by atoms with Crippen molar-refractivity contribution in [3.05, 3.63) is 37.0 Å². The highest BCUT2D eigenvalue weighted by Gasteiger charge is 2.09. The lowest BCUT2D eigenvalue weighted by molar-refractivity contribution is 0.0342. The fourth-order valence-electron chi connectivity index (χ4n) is 4.22. The Balaban J connectivity index is 3.83. The first-order valence-electron chi connectivity index (χ1n) is 14.4. The standard InChI is InChI=1S/C31H59NO/c1-5-7-9-11-13-15-17-19-21-23-25-28-31(33-30-26-29-32(3)4)27-24-22-20-18-16-14-12-10-8-6-2/h5,8-11,31H,1,6-7,12-30H2,2-4H3/b10-8-,11-9+. The van der Waals surface area contributed by atoms with Crippen molar-refractivity contribution in [1.29, 1.82) is 0 Å². The van der Waals surface area contributed by atoms with Crippen LogP contribution >= 0.6 is 0 Å². The predicted octanol–water partition coefficient (Wildman–Crippen LogP) is 9.66. The molecule has 0 radical (unpaired) electrons. The highest BCUT2D eigenvalue weighted by atomic mass is 16.5. The maximum Gasteiger partial charge on any atom is 0.0575 e. The Hall–Kier alpha value is -0.860. The normalized spacial score (nSPS) is 13.0. The molecular formula is C31H59NO. The Morgan fingerprint density at radius 1 is 0.667 bits per heavy atom. The number of allylic oxidation sites excluding steroid dienone is 5. The Kier molecular flexibility index (Phi) is 26.7. The molecule has 0 aliphatic heterocycles. The van der Waals surface area contributed by atoms with Crippen LogP contribution in [0, 0.1) is 0 Å². The monoisotopic (exact) mass is 461 g/mol. The fraction of sp³-hybridized carbons (Fsp3) is 0.806. The molecule has 0 rings (SSSR count). The Labute approximate surface area is 208 Å². The van der Waals surface area contributed by atoms with E-state index in [1.807, 2.05) is 6.08 Å². The number of hydrogen-bond acceptors (Lipinski definition) is 2. The second-order valence-corrected chi connectivity index (χ2v) is 9.92. The first-order valence-corrected chi connectivity index (χ1v) is 14.4. The van der Waals surface area contributed by atoms with Crippen LogP contribution in [-0.2, 0) is 4.74 Å². The summed E-state index contributed by atoms with van der Waals surface area (Å²) in [6.07, 6.45) is 36.4. The molecule has 0 aromatic heterocycles. The second kappa shape index (κ2) is 27.4. The van der Waals surface area contributed by atoms with Crippen molar-refractivity contribution in [2.24, 2.45) is 0 Å². The minimum Gasteiger partial charge on any atom is -0.378 e. The maximum atomic E-state index is 6.32. The molecule has 33 heavy (non-hydrogen) atoms. The molecule has 0 fully saturated rings. The van der Waals surface area contributed by atoms with Gasteiger partial charge in [0.25, 0.3) is 0 Å². The topological polar surface area (TPSA) is 12.5 Å². The van der Waals surface area contributed by atoms with Gasteiger partial charge in [-0.05, 0) is 78.4 Å². The van der Waals surface area contributed by atoms with E-state index in [4.69, 9.17) is 4.74 Å². The van der Waals surface area contributed by atoms with Crippen molar-refractivity contribution in [1.82, 2.24) is 4.90 Å². The minimum atomic E-state index is 0.487. The van der Waals surface area contributed by atoms with Crippen molar-refractivity contribution < 1.29 is 4.74 Å². The lowest BCUT2D eigenvalue weighted by atomic mass is 10.0. The molecule has 0 amide bonds. The second-order valence-electron chi connectivity index (χ2n) is 9.92. The third-order valence-electron chi connectivity index (χ3n) is 6.27. The van der Waals surface area contributed by atoms with E-state index in [2.05, 4.69) is 56.8 Å². The van der Waals surface area contributed by atoms with Gasteiger partial charge in [-0.2, -0.15) is 0 Å². The lowest BCUT2D eigenvalue weighted by Crippen LogP contribution is -2.18. The van der Waals surface area contributed by atoms with Crippen LogP contribution in [0.15, 0.2) is 37.0 Å². The molecule has 0 heterocycles. The number of ether oxygens (including phenoxy) is 1. The van der Waals surface area contributed by atoms with Crippen LogP contribution in [0.3, 0.4) is 0 Å². The summed E-state index contributed by atoms with van der Waals surface area (Å²) in [5.74, 6) is 0. The molecule has 0 N–H and O–H groups in total. The maximum absolute atomic E-state index is 6.32. The zero-order chi connectivity index (χ0) is 24.2. The van der Waals surface area contributed by atoms with E-state index in [1.165, 1.54) is 109 Å². The molecule has 0 saturated carbocycles. The molecule has 0 aromatic rings. The minimum absolute atomic E-state index is 0.487. The number of nitrogens with zero attached hydrogens (tertiary/aromatic N) is 1. The van der Waals surface area contributed by atoms with E-state index in [-0.39, 0.29) is 0 Å². The van der Waals surface area contributed by atoms with E-state index >= 15 is 0 Å². The smallest absolute Gasteiger partial charge is 0.0575 e. The van der Waals surface area contributed by atoms with Crippen molar-refractivity contribution >= 4 is 0 Å². The van der Waals surface area contributed by atoms with Gasteiger partial charge in [-0.1, -0.05) is 102 Å². The molecule has 0 spiro atoms. The third kappa shape index (κ3) is 27.3. The zero-order valence-corrected chi connectivity index (χ0v) is 22.9. The van der Waals surface area contributed by atoms with Crippen molar-refractivity contribution in [2.45, 2.75) is 135 Å². The summed E-state index contributed by atoms with van der Waals surface area (Å²) in [4.78, 5) is 2.26. The van der Waals surface area contributed by atoms with Crippen molar-refractivity contribution in [3.63, 3.8) is 0 Å². The Morgan fingerprint density at radius 2 is 1.18 bits per heavy atom. The van der Waals surface area contributed by atoms with Gasteiger partial charge in [-0.25, -0.2) is 0 Å². The van der Waals surface area contributed by atoms with E-state index < -0.39 is 0 Å². The van der Waals surface area contributed by atoms with Crippen LogP contribution in [0.25, 0.3) is 0 Å². The third-order valence-corrected chi connectivity index (χ3v) is 6.27. The summed E-state index contributed by atoms with van der Waals surface area (Å²) in [5.41, 5.74) is 0. The van der Waals surface area contributed by atoms with Crippen LogP contribution in [0.5, 0.6) is 0 Å². The van der Waals surface area contributed by atoms with Gasteiger partial charge in [0, 0.05) is 6.61 Å².